The molecule has 0 radical (unpaired) electrons. The highest BCUT2D eigenvalue weighted by molar-refractivity contribution is 6.30. The molecule has 0 aliphatic heterocycles. The lowest BCUT2D eigenvalue weighted by atomic mass is 9.92. The topological polar surface area (TPSA) is 38.0 Å². The van der Waals surface area contributed by atoms with Crippen molar-refractivity contribution in [2.75, 3.05) is 11.9 Å². The van der Waals surface area contributed by atoms with E-state index in [1.807, 2.05) is 31.2 Å². The van der Waals surface area contributed by atoms with Gasteiger partial charge in [-0.3, -0.25) is 0 Å². The highest BCUT2D eigenvalue weighted by Crippen LogP contribution is 2.20. The van der Waals surface area contributed by atoms with Gasteiger partial charge in [0, 0.05) is 17.3 Å². The molecule has 0 amide bonds. The Balaban J connectivity index is 2.12. The van der Waals surface area contributed by atoms with Crippen LogP contribution >= 0.6 is 11.6 Å². The molecule has 0 heterocycles. The van der Waals surface area contributed by atoms with Crippen molar-refractivity contribution in [3.8, 4) is 0 Å². The van der Waals surface area contributed by atoms with Crippen LogP contribution < -0.4 is 11.1 Å². The van der Waals surface area contributed by atoms with Crippen molar-refractivity contribution in [1.29, 1.82) is 0 Å². The first-order valence-corrected chi connectivity index (χ1v) is 6.87. The molecule has 2 aromatic rings. The maximum atomic E-state index is 12.9. The van der Waals surface area contributed by atoms with Gasteiger partial charge in [-0.25, -0.2) is 4.39 Å². The van der Waals surface area contributed by atoms with E-state index in [2.05, 4.69) is 5.32 Å². The Kier molecular flexibility index (Phi) is 4.63. The predicted molar refractivity (Wildman–Crippen MR) is 82.6 cm³/mol. The summed E-state index contributed by atoms with van der Waals surface area (Å²) in [5.74, 6) is -0.247. The standard InChI is InChI=1S/C16H18ClFN2/c1-16(11-19,10-12-2-4-13(17)5-3-12)20-15-8-6-14(18)7-9-15/h2-9,20H,10-11,19H2,1H3. The van der Waals surface area contributed by atoms with E-state index in [1.54, 1.807) is 12.1 Å². The van der Waals surface area contributed by atoms with Gasteiger partial charge < -0.3 is 11.1 Å². The summed E-state index contributed by atoms with van der Waals surface area (Å²) >= 11 is 5.89. The monoisotopic (exact) mass is 292 g/mol. The molecule has 2 nitrogen and oxygen atoms in total. The molecule has 3 N–H and O–H groups in total. The first-order chi connectivity index (χ1) is 9.50. The van der Waals surface area contributed by atoms with Gasteiger partial charge in [0.1, 0.15) is 5.82 Å². The summed E-state index contributed by atoms with van der Waals surface area (Å²) in [6, 6.07) is 14.0. The van der Waals surface area contributed by atoms with Gasteiger partial charge in [-0.05, 0) is 55.3 Å². The third-order valence-corrected chi connectivity index (χ3v) is 3.50. The molecule has 0 aromatic heterocycles. The van der Waals surface area contributed by atoms with Gasteiger partial charge in [0.15, 0.2) is 0 Å². The molecular weight excluding hydrogens is 275 g/mol. The number of benzene rings is 2. The van der Waals surface area contributed by atoms with Crippen molar-refractivity contribution in [2.24, 2.45) is 5.73 Å². The molecule has 0 fully saturated rings. The predicted octanol–water partition coefficient (Wildman–Crippen LogP) is 3.85. The van der Waals surface area contributed by atoms with Gasteiger partial charge in [0.2, 0.25) is 0 Å². The molecule has 0 aliphatic rings. The second-order valence-corrected chi connectivity index (χ2v) is 5.64. The summed E-state index contributed by atoms with van der Waals surface area (Å²) in [6.45, 7) is 2.51. The van der Waals surface area contributed by atoms with Gasteiger partial charge in [-0.2, -0.15) is 0 Å². The summed E-state index contributed by atoms with van der Waals surface area (Å²) in [7, 11) is 0. The van der Waals surface area contributed by atoms with Crippen LogP contribution in [0.25, 0.3) is 0 Å². The quantitative estimate of drug-likeness (QED) is 0.878. The lowest BCUT2D eigenvalue weighted by molar-refractivity contribution is 0.520. The molecule has 20 heavy (non-hydrogen) atoms. The summed E-state index contributed by atoms with van der Waals surface area (Å²) in [5, 5.41) is 4.09. The number of nitrogens with two attached hydrogens (primary N) is 1. The van der Waals surface area contributed by atoms with E-state index in [0.29, 0.717) is 6.54 Å². The molecule has 2 rings (SSSR count). The Morgan fingerprint density at radius 1 is 1.10 bits per heavy atom. The molecule has 106 valence electrons. The van der Waals surface area contributed by atoms with Crippen molar-refractivity contribution >= 4 is 17.3 Å². The van der Waals surface area contributed by atoms with Crippen LogP contribution in [-0.4, -0.2) is 12.1 Å². The number of hydrogen-bond acceptors (Lipinski definition) is 2. The Labute approximate surface area is 123 Å². The molecule has 0 saturated heterocycles. The van der Waals surface area contributed by atoms with Crippen molar-refractivity contribution in [1.82, 2.24) is 0 Å². The van der Waals surface area contributed by atoms with Crippen LogP contribution in [-0.2, 0) is 6.42 Å². The number of nitrogens with one attached hydrogen (secondary N) is 1. The van der Waals surface area contributed by atoms with Crippen molar-refractivity contribution in [2.45, 2.75) is 18.9 Å². The molecule has 1 atom stereocenters. The zero-order chi connectivity index (χ0) is 14.6. The molecule has 1 unspecified atom stereocenters. The molecule has 0 spiro atoms. The van der Waals surface area contributed by atoms with E-state index >= 15 is 0 Å². The van der Waals surface area contributed by atoms with Gasteiger partial charge in [-0.15, -0.1) is 0 Å². The van der Waals surface area contributed by atoms with Gasteiger partial charge >= 0.3 is 0 Å². The smallest absolute Gasteiger partial charge is 0.123 e. The third-order valence-electron chi connectivity index (χ3n) is 3.25. The Morgan fingerprint density at radius 3 is 2.25 bits per heavy atom. The molecule has 4 heteroatoms. The molecule has 2 aromatic carbocycles. The molecular formula is C16H18ClFN2. The zero-order valence-corrected chi connectivity index (χ0v) is 12.1. The molecule has 0 aliphatic carbocycles. The van der Waals surface area contributed by atoms with Crippen molar-refractivity contribution in [3.05, 3.63) is 64.9 Å². The number of rotatable bonds is 5. The Morgan fingerprint density at radius 2 is 1.70 bits per heavy atom. The minimum absolute atomic E-state index is 0.247. The van der Waals surface area contributed by atoms with Crippen LogP contribution in [0.3, 0.4) is 0 Å². The largest absolute Gasteiger partial charge is 0.378 e. The van der Waals surface area contributed by atoms with Crippen LogP contribution in [0, 0.1) is 5.82 Å². The van der Waals surface area contributed by atoms with Gasteiger partial charge in [0.05, 0.1) is 5.54 Å². The van der Waals surface area contributed by atoms with Crippen LogP contribution in [0.4, 0.5) is 10.1 Å². The zero-order valence-electron chi connectivity index (χ0n) is 11.4. The van der Waals surface area contributed by atoms with E-state index in [4.69, 9.17) is 17.3 Å². The molecule has 0 bridgehead atoms. The highest BCUT2D eigenvalue weighted by atomic mass is 35.5. The van der Waals surface area contributed by atoms with Crippen LogP contribution in [0.5, 0.6) is 0 Å². The minimum atomic E-state index is -0.300. The number of anilines is 1. The highest BCUT2D eigenvalue weighted by Gasteiger charge is 2.22. The van der Waals surface area contributed by atoms with Crippen molar-refractivity contribution < 1.29 is 4.39 Å². The SMILES string of the molecule is CC(CN)(Cc1ccc(Cl)cc1)Nc1ccc(F)cc1. The average Bonchev–Trinajstić information content (AvgIpc) is 2.44. The number of hydrogen-bond donors (Lipinski definition) is 2. The lowest BCUT2D eigenvalue weighted by Crippen LogP contribution is -2.44. The van der Waals surface area contributed by atoms with Gasteiger partial charge in [0.25, 0.3) is 0 Å². The maximum absolute atomic E-state index is 12.9. The van der Waals surface area contributed by atoms with Crippen LogP contribution in [0.1, 0.15) is 12.5 Å². The van der Waals surface area contributed by atoms with Crippen molar-refractivity contribution in [3.63, 3.8) is 0 Å². The van der Waals surface area contributed by atoms with E-state index in [-0.39, 0.29) is 11.4 Å². The summed E-state index contributed by atoms with van der Waals surface area (Å²) in [6.07, 6.45) is 0.762. The first kappa shape index (κ1) is 14.8. The van der Waals surface area contributed by atoms with E-state index in [0.717, 1.165) is 22.7 Å². The fourth-order valence-corrected chi connectivity index (χ4v) is 2.23. The minimum Gasteiger partial charge on any atom is -0.378 e. The fraction of sp³-hybridized carbons (Fsp3) is 0.250. The van der Waals surface area contributed by atoms with Gasteiger partial charge in [-0.1, -0.05) is 23.7 Å². The first-order valence-electron chi connectivity index (χ1n) is 6.49. The summed E-state index contributed by atoms with van der Waals surface area (Å²) in [5.41, 5.74) is 7.60. The fourth-order valence-electron chi connectivity index (χ4n) is 2.10. The number of halogens is 2. The van der Waals surface area contributed by atoms with Crippen LogP contribution in [0.2, 0.25) is 5.02 Å². The Hall–Kier alpha value is -1.58. The Bertz CT molecular complexity index is 504. The van der Waals surface area contributed by atoms with E-state index in [1.165, 1.54) is 12.1 Å². The second kappa shape index (κ2) is 6.25. The second-order valence-electron chi connectivity index (χ2n) is 5.20. The molecule has 0 saturated carbocycles. The van der Waals surface area contributed by atoms with Crippen LogP contribution in [0.15, 0.2) is 48.5 Å². The summed E-state index contributed by atoms with van der Waals surface area (Å²) < 4.78 is 12.9. The van der Waals surface area contributed by atoms with E-state index in [9.17, 15) is 4.39 Å². The summed E-state index contributed by atoms with van der Waals surface area (Å²) in [4.78, 5) is 0. The van der Waals surface area contributed by atoms with E-state index < -0.39 is 0 Å². The lowest BCUT2D eigenvalue weighted by Gasteiger charge is -2.31. The normalized spacial score (nSPS) is 13.8. The average molecular weight is 293 g/mol. The third kappa shape index (κ3) is 3.95. The maximum Gasteiger partial charge on any atom is 0.123 e.